The molecule has 11 heteroatoms. The molecule has 0 atom stereocenters. The number of aryl methyl sites for hydroxylation is 2. The second kappa shape index (κ2) is 6.33. The van der Waals surface area contributed by atoms with Gasteiger partial charge in [0.25, 0.3) is 0 Å². The summed E-state index contributed by atoms with van der Waals surface area (Å²) in [5.74, 6) is 7.90. The second-order valence-corrected chi connectivity index (χ2v) is 7.07. The van der Waals surface area contributed by atoms with E-state index in [2.05, 4.69) is 30.6 Å². The highest BCUT2D eigenvalue weighted by molar-refractivity contribution is 5.79. The minimum absolute atomic E-state index is 0.249. The monoisotopic (exact) mass is 357 g/mol. The van der Waals surface area contributed by atoms with Gasteiger partial charge in [0.05, 0.1) is 12.2 Å². The maximum absolute atomic E-state index is 6.38. The molecule has 26 heavy (non-hydrogen) atoms. The van der Waals surface area contributed by atoms with E-state index < -0.39 is 0 Å². The summed E-state index contributed by atoms with van der Waals surface area (Å²) in [6.07, 6.45) is 1.69. The molecule has 3 aromatic heterocycles. The van der Waals surface area contributed by atoms with E-state index in [0.717, 1.165) is 5.69 Å². The number of anilines is 2. The molecule has 0 aliphatic rings. The van der Waals surface area contributed by atoms with E-state index in [9.17, 15) is 0 Å². The molecule has 11 nitrogen and oxygen atoms in total. The molecule has 138 valence electrons. The first-order chi connectivity index (χ1) is 12.2. The summed E-state index contributed by atoms with van der Waals surface area (Å²) < 4.78 is 3.26. The Morgan fingerprint density at radius 1 is 1.15 bits per heavy atom. The van der Waals surface area contributed by atoms with Crippen molar-refractivity contribution in [1.29, 1.82) is 0 Å². The molecule has 3 heterocycles. The predicted molar refractivity (Wildman–Crippen MR) is 96.5 cm³/mol. The summed E-state index contributed by atoms with van der Waals surface area (Å²) in [6.45, 7) is 6.34. The van der Waals surface area contributed by atoms with Crippen LogP contribution in [0.25, 0.3) is 11.4 Å². The Kier molecular flexibility index (Phi) is 4.32. The van der Waals surface area contributed by atoms with Gasteiger partial charge >= 0.3 is 0 Å². The fraction of sp³-hybridized carbons (Fsp3) is 0.467. The first kappa shape index (κ1) is 17.7. The second-order valence-electron chi connectivity index (χ2n) is 7.07. The zero-order valence-corrected chi connectivity index (χ0v) is 15.5. The van der Waals surface area contributed by atoms with Crippen molar-refractivity contribution in [3.8, 4) is 11.4 Å². The van der Waals surface area contributed by atoms with Crippen molar-refractivity contribution >= 4 is 11.5 Å². The average Bonchev–Trinajstić information content (AvgIpc) is 3.15. The number of aromatic nitrogens is 8. The smallest absolute Gasteiger partial charge is 0.172 e. The van der Waals surface area contributed by atoms with Crippen LogP contribution in [0.2, 0.25) is 0 Å². The summed E-state index contributed by atoms with van der Waals surface area (Å²) in [6, 6.07) is 1.85. The van der Waals surface area contributed by atoms with E-state index in [1.165, 1.54) is 5.01 Å². The highest BCUT2D eigenvalue weighted by Gasteiger charge is 2.25. The lowest BCUT2D eigenvalue weighted by Gasteiger charge is -2.24. The van der Waals surface area contributed by atoms with Crippen molar-refractivity contribution in [1.82, 2.24) is 40.0 Å². The third-order valence-corrected chi connectivity index (χ3v) is 3.95. The summed E-state index contributed by atoms with van der Waals surface area (Å²) in [5.41, 5.74) is 7.83. The number of nitrogens with two attached hydrogens (primary N) is 2. The maximum Gasteiger partial charge on any atom is 0.172 e. The van der Waals surface area contributed by atoms with Crippen LogP contribution in [0.15, 0.2) is 12.3 Å². The van der Waals surface area contributed by atoms with Crippen LogP contribution in [0.5, 0.6) is 0 Å². The minimum atomic E-state index is -0.289. The molecule has 0 fully saturated rings. The lowest BCUT2D eigenvalue weighted by atomic mass is 9.95. The van der Waals surface area contributed by atoms with Gasteiger partial charge in [0.2, 0.25) is 0 Å². The van der Waals surface area contributed by atoms with Gasteiger partial charge in [0.15, 0.2) is 11.6 Å². The van der Waals surface area contributed by atoms with E-state index >= 15 is 0 Å². The van der Waals surface area contributed by atoms with E-state index in [1.807, 2.05) is 33.9 Å². The molecule has 0 unspecified atom stereocenters. The van der Waals surface area contributed by atoms with Crippen molar-refractivity contribution in [3.63, 3.8) is 0 Å². The molecular weight excluding hydrogens is 334 g/mol. The quantitative estimate of drug-likeness (QED) is 0.493. The summed E-state index contributed by atoms with van der Waals surface area (Å²) in [7, 11) is 3.58. The van der Waals surface area contributed by atoms with Crippen LogP contribution in [0.1, 0.15) is 32.4 Å². The van der Waals surface area contributed by atoms with Crippen LogP contribution in [0, 0.1) is 0 Å². The molecule has 0 aromatic carbocycles. The van der Waals surface area contributed by atoms with Crippen LogP contribution in [0.3, 0.4) is 0 Å². The highest BCUT2D eigenvalue weighted by atomic mass is 15.6. The largest absolute Gasteiger partial charge is 0.394 e. The minimum Gasteiger partial charge on any atom is -0.394 e. The molecule has 0 saturated carbocycles. The number of nitrogens with zero attached hydrogens (tertiary/aromatic N) is 9. The van der Waals surface area contributed by atoms with Gasteiger partial charge in [-0.25, -0.2) is 20.5 Å². The highest BCUT2D eigenvalue weighted by Crippen LogP contribution is 2.33. The third kappa shape index (κ3) is 3.20. The van der Waals surface area contributed by atoms with E-state index in [4.69, 9.17) is 11.6 Å². The van der Waals surface area contributed by atoms with Gasteiger partial charge in [-0.15, -0.1) is 5.10 Å². The van der Waals surface area contributed by atoms with Crippen LogP contribution < -0.4 is 16.6 Å². The SMILES string of the molecule is Cn1nccc1-c1nc(C(C)(C)C)nc(N(N)Cc2nnnn2C)c1N. The lowest BCUT2D eigenvalue weighted by molar-refractivity contribution is 0.544. The first-order valence-corrected chi connectivity index (χ1v) is 8.08. The Hall–Kier alpha value is -3.08. The first-order valence-electron chi connectivity index (χ1n) is 8.08. The molecule has 0 aliphatic carbocycles. The Morgan fingerprint density at radius 2 is 1.88 bits per heavy atom. The van der Waals surface area contributed by atoms with Gasteiger partial charge in [-0.2, -0.15) is 5.10 Å². The Bertz CT molecular complexity index is 918. The molecule has 0 spiro atoms. The number of hydrogen-bond acceptors (Lipinski definition) is 9. The van der Waals surface area contributed by atoms with Crippen molar-refractivity contribution in [2.24, 2.45) is 19.9 Å². The molecule has 0 aliphatic heterocycles. The van der Waals surface area contributed by atoms with Crippen LogP contribution in [0.4, 0.5) is 11.5 Å². The summed E-state index contributed by atoms with van der Waals surface area (Å²) in [5, 5.41) is 17.0. The van der Waals surface area contributed by atoms with Gasteiger partial charge in [-0.1, -0.05) is 20.8 Å². The van der Waals surface area contributed by atoms with Crippen molar-refractivity contribution in [2.75, 3.05) is 10.7 Å². The standard InChI is InChI=1S/C15H23N11/c1-15(2,3)14-19-12(9-6-7-18-24(9)4)11(16)13(20-14)26(17)8-10-21-22-23-25(10)5/h6-7H,8,16-17H2,1-5H3. The molecule has 3 rings (SSSR count). The summed E-state index contributed by atoms with van der Waals surface area (Å²) in [4.78, 5) is 9.29. The number of hydrazine groups is 1. The number of nitrogen functional groups attached to an aromatic ring is 1. The lowest BCUT2D eigenvalue weighted by Crippen LogP contribution is -2.34. The molecule has 0 radical (unpaired) electrons. The fourth-order valence-corrected chi connectivity index (χ4v) is 2.42. The predicted octanol–water partition coefficient (Wildman–Crippen LogP) is 0.161. The normalized spacial score (nSPS) is 11.8. The molecule has 0 saturated heterocycles. The molecule has 0 amide bonds. The Balaban J connectivity index is 2.12. The molecule has 4 N–H and O–H groups in total. The maximum atomic E-state index is 6.38. The van der Waals surface area contributed by atoms with Crippen LogP contribution in [-0.4, -0.2) is 40.0 Å². The zero-order valence-electron chi connectivity index (χ0n) is 15.5. The third-order valence-electron chi connectivity index (χ3n) is 3.95. The van der Waals surface area contributed by atoms with Gasteiger partial charge in [0, 0.05) is 25.7 Å². The topological polar surface area (TPSA) is 142 Å². The van der Waals surface area contributed by atoms with Crippen LogP contribution >= 0.6 is 0 Å². The van der Waals surface area contributed by atoms with Gasteiger partial charge in [0.1, 0.15) is 17.2 Å². The summed E-state index contributed by atoms with van der Waals surface area (Å²) >= 11 is 0. The van der Waals surface area contributed by atoms with E-state index in [1.54, 1.807) is 22.6 Å². The molecule has 3 aromatic rings. The number of tetrazole rings is 1. The van der Waals surface area contributed by atoms with Crippen molar-refractivity contribution in [2.45, 2.75) is 32.7 Å². The molecule has 0 bridgehead atoms. The van der Waals surface area contributed by atoms with Crippen molar-refractivity contribution < 1.29 is 0 Å². The van der Waals surface area contributed by atoms with Crippen LogP contribution in [-0.2, 0) is 26.1 Å². The van der Waals surface area contributed by atoms with E-state index in [0.29, 0.717) is 28.8 Å². The molecular formula is C15H23N11. The Labute approximate surface area is 151 Å². The van der Waals surface area contributed by atoms with Crippen molar-refractivity contribution in [3.05, 3.63) is 23.9 Å². The van der Waals surface area contributed by atoms with Gasteiger partial charge in [-0.3, -0.25) is 9.69 Å². The average molecular weight is 357 g/mol. The van der Waals surface area contributed by atoms with Gasteiger partial charge < -0.3 is 5.73 Å². The number of hydrogen-bond donors (Lipinski definition) is 2. The number of rotatable bonds is 4. The Morgan fingerprint density at radius 3 is 2.42 bits per heavy atom. The zero-order chi connectivity index (χ0) is 19.1. The fourth-order valence-electron chi connectivity index (χ4n) is 2.42. The van der Waals surface area contributed by atoms with E-state index in [-0.39, 0.29) is 12.0 Å². The van der Waals surface area contributed by atoms with Gasteiger partial charge in [-0.05, 0) is 16.5 Å².